The van der Waals surface area contributed by atoms with E-state index in [1.54, 1.807) is 6.07 Å². The van der Waals surface area contributed by atoms with Gasteiger partial charge in [0.1, 0.15) is 0 Å². The lowest BCUT2D eigenvalue weighted by Crippen LogP contribution is -2.12. The number of amides is 1. The number of ether oxygens (including phenoxy) is 1. The molecule has 2 N–H and O–H groups in total. The third-order valence-corrected chi connectivity index (χ3v) is 2.23. The van der Waals surface area contributed by atoms with Crippen LogP contribution in [0.1, 0.15) is 11.1 Å². The molecule has 0 unspecified atom stereocenters. The Labute approximate surface area is 81.5 Å². The standard InChI is InChI=1S/C10H11NO3/c12-10(13)11-9-2-1-7-3-4-14-6-8(7)5-9/h1-2,5,11H,3-4,6H2,(H,12,13). The van der Waals surface area contributed by atoms with Crippen LogP contribution in [0.3, 0.4) is 0 Å². The van der Waals surface area contributed by atoms with E-state index in [1.807, 2.05) is 12.1 Å². The van der Waals surface area contributed by atoms with Crippen LogP contribution in [0.15, 0.2) is 18.2 Å². The Balaban J connectivity index is 2.24. The first-order chi connectivity index (χ1) is 6.75. The van der Waals surface area contributed by atoms with Crippen LogP contribution in [-0.2, 0) is 17.8 Å². The number of hydrogen-bond acceptors (Lipinski definition) is 2. The summed E-state index contributed by atoms with van der Waals surface area (Å²) in [7, 11) is 0. The van der Waals surface area contributed by atoms with Gasteiger partial charge in [-0.2, -0.15) is 0 Å². The number of benzene rings is 1. The minimum atomic E-state index is -1.04. The van der Waals surface area contributed by atoms with Crippen molar-refractivity contribution in [2.24, 2.45) is 0 Å². The van der Waals surface area contributed by atoms with Gasteiger partial charge < -0.3 is 9.84 Å². The van der Waals surface area contributed by atoms with Gasteiger partial charge in [-0.15, -0.1) is 0 Å². The van der Waals surface area contributed by atoms with Gasteiger partial charge in [0.05, 0.1) is 13.2 Å². The summed E-state index contributed by atoms with van der Waals surface area (Å²) in [4.78, 5) is 10.4. The van der Waals surface area contributed by atoms with Gasteiger partial charge in [0, 0.05) is 5.69 Å². The van der Waals surface area contributed by atoms with Gasteiger partial charge in [-0.3, -0.25) is 5.32 Å². The molecule has 1 amide bonds. The molecule has 4 heteroatoms. The second kappa shape index (κ2) is 3.67. The molecule has 0 aliphatic carbocycles. The van der Waals surface area contributed by atoms with Crippen LogP contribution in [-0.4, -0.2) is 17.8 Å². The summed E-state index contributed by atoms with van der Waals surface area (Å²) in [5, 5.41) is 10.8. The molecule has 4 nitrogen and oxygen atoms in total. The van der Waals surface area contributed by atoms with Crippen molar-refractivity contribution in [3.05, 3.63) is 29.3 Å². The van der Waals surface area contributed by atoms with Crippen molar-refractivity contribution in [3.63, 3.8) is 0 Å². The van der Waals surface area contributed by atoms with Gasteiger partial charge in [0.15, 0.2) is 0 Å². The van der Waals surface area contributed by atoms with Gasteiger partial charge >= 0.3 is 6.09 Å². The van der Waals surface area contributed by atoms with Crippen LogP contribution in [0.5, 0.6) is 0 Å². The molecule has 1 aromatic rings. The van der Waals surface area contributed by atoms with E-state index < -0.39 is 6.09 Å². The maximum absolute atomic E-state index is 10.4. The molecule has 0 atom stereocenters. The van der Waals surface area contributed by atoms with Crippen molar-refractivity contribution >= 4 is 11.8 Å². The molecule has 1 aliphatic heterocycles. The largest absolute Gasteiger partial charge is 0.465 e. The Morgan fingerprint density at radius 2 is 2.29 bits per heavy atom. The van der Waals surface area contributed by atoms with E-state index in [2.05, 4.69) is 5.32 Å². The van der Waals surface area contributed by atoms with E-state index in [-0.39, 0.29) is 0 Å². The summed E-state index contributed by atoms with van der Waals surface area (Å²) in [5.41, 5.74) is 2.91. The van der Waals surface area contributed by atoms with E-state index in [9.17, 15) is 4.79 Å². The van der Waals surface area contributed by atoms with E-state index in [4.69, 9.17) is 9.84 Å². The molecule has 0 radical (unpaired) electrons. The summed E-state index contributed by atoms with van der Waals surface area (Å²) < 4.78 is 5.28. The Morgan fingerprint density at radius 3 is 3.07 bits per heavy atom. The SMILES string of the molecule is O=C(O)Nc1ccc2c(c1)COCC2. The average molecular weight is 193 g/mol. The molecular formula is C10H11NO3. The third-order valence-electron chi connectivity index (χ3n) is 2.23. The molecule has 74 valence electrons. The maximum Gasteiger partial charge on any atom is 0.409 e. The fraction of sp³-hybridized carbons (Fsp3) is 0.300. The number of hydrogen-bond donors (Lipinski definition) is 2. The van der Waals surface area contributed by atoms with Crippen LogP contribution in [0.2, 0.25) is 0 Å². The van der Waals surface area contributed by atoms with Crippen molar-refractivity contribution in [3.8, 4) is 0 Å². The molecule has 1 heterocycles. The molecule has 1 aromatic carbocycles. The van der Waals surface area contributed by atoms with E-state index in [1.165, 1.54) is 5.56 Å². The van der Waals surface area contributed by atoms with Crippen molar-refractivity contribution in [1.29, 1.82) is 0 Å². The number of carbonyl (C=O) groups is 1. The fourth-order valence-corrected chi connectivity index (χ4v) is 1.57. The second-order valence-electron chi connectivity index (χ2n) is 3.22. The monoisotopic (exact) mass is 193 g/mol. The van der Waals surface area contributed by atoms with Gasteiger partial charge in [0.2, 0.25) is 0 Å². The van der Waals surface area contributed by atoms with Gasteiger partial charge in [-0.1, -0.05) is 6.07 Å². The van der Waals surface area contributed by atoms with Crippen LogP contribution in [0, 0.1) is 0 Å². The van der Waals surface area contributed by atoms with Crippen molar-refractivity contribution in [1.82, 2.24) is 0 Å². The minimum Gasteiger partial charge on any atom is -0.465 e. The Bertz CT molecular complexity index is 362. The highest BCUT2D eigenvalue weighted by molar-refractivity contribution is 5.83. The lowest BCUT2D eigenvalue weighted by Gasteiger charge is -2.16. The van der Waals surface area contributed by atoms with E-state index in [0.29, 0.717) is 12.3 Å². The molecule has 0 spiro atoms. The molecule has 0 aromatic heterocycles. The zero-order valence-corrected chi connectivity index (χ0v) is 7.62. The zero-order chi connectivity index (χ0) is 9.97. The van der Waals surface area contributed by atoms with Gasteiger partial charge in [0.25, 0.3) is 0 Å². The summed E-state index contributed by atoms with van der Waals surface area (Å²) in [6.07, 6.45) is -0.135. The lowest BCUT2D eigenvalue weighted by molar-refractivity contribution is 0.111. The van der Waals surface area contributed by atoms with Crippen molar-refractivity contribution < 1.29 is 14.6 Å². The molecule has 14 heavy (non-hydrogen) atoms. The average Bonchev–Trinajstić information content (AvgIpc) is 2.17. The summed E-state index contributed by atoms with van der Waals surface area (Å²) in [6, 6.07) is 5.55. The number of anilines is 1. The maximum atomic E-state index is 10.4. The van der Waals surface area contributed by atoms with Crippen LogP contribution in [0.25, 0.3) is 0 Å². The summed E-state index contributed by atoms with van der Waals surface area (Å²) in [5.74, 6) is 0. The normalized spacial score (nSPS) is 14.6. The molecule has 1 aliphatic rings. The predicted molar refractivity (Wildman–Crippen MR) is 51.4 cm³/mol. The topological polar surface area (TPSA) is 58.6 Å². The first-order valence-corrected chi connectivity index (χ1v) is 4.45. The third kappa shape index (κ3) is 1.85. The highest BCUT2D eigenvalue weighted by atomic mass is 16.5. The molecule has 0 fully saturated rings. The summed E-state index contributed by atoms with van der Waals surface area (Å²) in [6.45, 7) is 1.32. The number of rotatable bonds is 1. The van der Waals surface area contributed by atoms with Gasteiger partial charge in [-0.25, -0.2) is 4.79 Å². The van der Waals surface area contributed by atoms with Crippen LogP contribution in [0.4, 0.5) is 10.5 Å². The van der Waals surface area contributed by atoms with Crippen LogP contribution >= 0.6 is 0 Å². The molecule has 0 saturated heterocycles. The highest BCUT2D eigenvalue weighted by Crippen LogP contribution is 2.20. The minimum absolute atomic E-state index is 0.574. The molecule has 2 rings (SSSR count). The molecular weight excluding hydrogens is 182 g/mol. The number of fused-ring (bicyclic) bond motifs is 1. The predicted octanol–water partition coefficient (Wildman–Crippen LogP) is 1.85. The number of nitrogens with one attached hydrogen (secondary N) is 1. The zero-order valence-electron chi connectivity index (χ0n) is 7.62. The first-order valence-electron chi connectivity index (χ1n) is 4.45. The highest BCUT2D eigenvalue weighted by Gasteiger charge is 2.10. The Kier molecular flexibility index (Phi) is 2.37. The van der Waals surface area contributed by atoms with E-state index in [0.717, 1.165) is 18.6 Å². The smallest absolute Gasteiger partial charge is 0.409 e. The Morgan fingerprint density at radius 1 is 1.43 bits per heavy atom. The van der Waals surface area contributed by atoms with Crippen molar-refractivity contribution in [2.45, 2.75) is 13.0 Å². The van der Waals surface area contributed by atoms with Crippen LogP contribution < -0.4 is 5.32 Å². The molecule has 0 saturated carbocycles. The summed E-state index contributed by atoms with van der Waals surface area (Å²) >= 11 is 0. The molecule has 0 bridgehead atoms. The van der Waals surface area contributed by atoms with Gasteiger partial charge in [-0.05, 0) is 29.7 Å². The lowest BCUT2D eigenvalue weighted by atomic mass is 10.0. The van der Waals surface area contributed by atoms with Crippen molar-refractivity contribution in [2.75, 3.05) is 11.9 Å². The first kappa shape index (κ1) is 9.02. The fourth-order valence-electron chi connectivity index (χ4n) is 1.57. The second-order valence-corrected chi connectivity index (χ2v) is 3.22. The van der Waals surface area contributed by atoms with E-state index >= 15 is 0 Å². The quantitative estimate of drug-likeness (QED) is 0.715. The number of carboxylic acid groups (broad SMARTS) is 1. The Hall–Kier alpha value is -1.55.